The number of benzene rings is 1. The molecule has 0 aliphatic carbocycles. The highest BCUT2D eigenvalue weighted by Crippen LogP contribution is 2.33. The maximum Gasteiger partial charge on any atom is 0.246 e. The zero-order valence-electron chi connectivity index (χ0n) is 13.1. The number of piperidine rings is 1. The number of likely N-dealkylation sites (N-methyl/N-ethyl adjacent to an activating group) is 1. The standard InChI is InChI=1S/C17H23BrN2O2/c1-19(2)10-4-7-16(21)20-11-8-17(22,9-12-20)14-5-3-6-15(18)13-14/h3-7,13,22H,8-12H2,1-2H3/b7-4+. The minimum atomic E-state index is -0.839. The molecular weight excluding hydrogens is 344 g/mol. The Kier molecular flexibility index (Phi) is 5.78. The van der Waals surface area contributed by atoms with Gasteiger partial charge in [-0.25, -0.2) is 0 Å². The number of aliphatic hydroxyl groups is 1. The van der Waals surface area contributed by atoms with E-state index in [1.54, 1.807) is 11.0 Å². The lowest BCUT2D eigenvalue weighted by Gasteiger charge is -2.38. The zero-order valence-corrected chi connectivity index (χ0v) is 14.7. The molecule has 0 atom stereocenters. The Morgan fingerprint density at radius 2 is 2.09 bits per heavy atom. The summed E-state index contributed by atoms with van der Waals surface area (Å²) in [5.41, 5.74) is 0.0746. The van der Waals surface area contributed by atoms with Crippen LogP contribution in [-0.4, -0.2) is 54.5 Å². The molecule has 0 unspecified atom stereocenters. The van der Waals surface area contributed by atoms with Crippen LogP contribution in [0.4, 0.5) is 0 Å². The molecule has 120 valence electrons. The third-order valence-electron chi connectivity index (χ3n) is 4.00. The summed E-state index contributed by atoms with van der Waals surface area (Å²) in [6.07, 6.45) is 4.63. The van der Waals surface area contributed by atoms with Crippen LogP contribution in [0.15, 0.2) is 40.9 Å². The van der Waals surface area contributed by atoms with Crippen molar-refractivity contribution in [3.63, 3.8) is 0 Å². The van der Waals surface area contributed by atoms with Crippen LogP contribution in [0, 0.1) is 0 Å². The van der Waals surface area contributed by atoms with Gasteiger partial charge < -0.3 is 14.9 Å². The van der Waals surface area contributed by atoms with Gasteiger partial charge in [0.2, 0.25) is 5.91 Å². The summed E-state index contributed by atoms with van der Waals surface area (Å²) in [5, 5.41) is 10.8. The quantitative estimate of drug-likeness (QED) is 0.832. The molecular formula is C17H23BrN2O2. The van der Waals surface area contributed by atoms with Crippen molar-refractivity contribution in [2.75, 3.05) is 33.7 Å². The highest BCUT2D eigenvalue weighted by Gasteiger charge is 2.35. The van der Waals surface area contributed by atoms with Crippen LogP contribution in [0.3, 0.4) is 0 Å². The number of hydrogen-bond donors (Lipinski definition) is 1. The number of carbonyl (C=O) groups excluding carboxylic acids is 1. The molecule has 0 aromatic heterocycles. The van der Waals surface area contributed by atoms with Gasteiger partial charge in [0.25, 0.3) is 0 Å². The van der Waals surface area contributed by atoms with Gasteiger partial charge in [0.15, 0.2) is 0 Å². The van der Waals surface area contributed by atoms with Crippen LogP contribution in [0.2, 0.25) is 0 Å². The first-order valence-corrected chi connectivity index (χ1v) is 8.29. The first-order valence-electron chi connectivity index (χ1n) is 7.49. The normalized spacial score (nSPS) is 18.1. The Bertz CT molecular complexity index is 549. The predicted octanol–water partition coefficient (Wildman–Crippen LogP) is 2.38. The molecule has 1 aliphatic rings. The Morgan fingerprint density at radius 3 is 2.68 bits per heavy atom. The van der Waals surface area contributed by atoms with Crippen molar-refractivity contribution in [2.45, 2.75) is 18.4 Å². The fourth-order valence-electron chi connectivity index (χ4n) is 2.63. The van der Waals surface area contributed by atoms with E-state index >= 15 is 0 Å². The molecule has 0 radical (unpaired) electrons. The molecule has 1 fully saturated rings. The number of hydrogen-bond acceptors (Lipinski definition) is 3. The molecule has 2 rings (SSSR count). The van der Waals surface area contributed by atoms with E-state index in [2.05, 4.69) is 15.9 Å². The summed E-state index contributed by atoms with van der Waals surface area (Å²) in [4.78, 5) is 15.9. The first kappa shape index (κ1) is 17.2. The Morgan fingerprint density at radius 1 is 1.41 bits per heavy atom. The van der Waals surface area contributed by atoms with Gasteiger partial charge in [-0.2, -0.15) is 0 Å². The monoisotopic (exact) mass is 366 g/mol. The van der Waals surface area contributed by atoms with E-state index in [0.717, 1.165) is 16.6 Å². The summed E-state index contributed by atoms with van der Waals surface area (Å²) in [6, 6.07) is 7.77. The van der Waals surface area contributed by atoms with Gasteiger partial charge in [0.05, 0.1) is 5.60 Å². The minimum Gasteiger partial charge on any atom is -0.385 e. The lowest BCUT2D eigenvalue weighted by atomic mass is 9.84. The zero-order chi connectivity index (χ0) is 16.2. The molecule has 0 bridgehead atoms. The fourth-order valence-corrected chi connectivity index (χ4v) is 3.03. The molecule has 1 amide bonds. The summed E-state index contributed by atoms with van der Waals surface area (Å²) in [7, 11) is 3.93. The summed E-state index contributed by atoms with van der Waals surface area (Å²) < 4.78 is 0.962. The number of halogens is 1. The Hall–Kier alpha value is -1.17. The van der Waals surface area contributed by atoms with Gasteiger partial charge in [0.1, 0.15) is 0 Å². The number of likely N-dealkylation sites (tertiary alicyclic amines) is 1. The van der Waals surface area contributed by atoms with Crippen molar-refractivity contribution in [2.24, 2.45) is 0 Å². The van der Waals surface area contributed by atoms with Gasteiger partial charge in [-0.15, -0.1) is 0 Å². The molecule has 22 heavy (non-hydrogen) atoms. The van der Waals surface area contributed by atoms with Crippen molar-refractivity contribution in [3.05, 3.63) is 46.5 Å². The van der Waals surface area contributed by atoms with E-state index in [1.165, 1.54) is 0 Å². The first-order chi connectivity index (χ1) is 10.4. The third-order valence-corrected chi connectivity index (χ3v) is 4.49. The van der Waals surface area contributed by atoms with Gasteiger partial charge in [-0.05, 0) is 44.6 Å². The predicted molar refractivity (Wildman–Crippen MR) is 91.5 cm³/mol. The average molecular weight is 367 g/mol. The maximum absolute atomic E-state index is 12.1. The van der Waals surface area contributed by atoms with E-state index in [4.69, 9.17) is 0 Å². The Labute approximate surface area is 140 Å². The van der Waals surface area contributed by atoms with Crippen LogP contribution >= 0.6 is 15.9 Å². The summed E-state index contributed by atoms with van der Waals surface area (Å²) in [6.45, 7) is 1.91. The average Bonchev–Trinajstić information content (AvgIpc) is 2.47. The molecule has 1 heterocycles. The van der Waals surface area contributed by atoms with Gasteiger partial charge in [0, 0.05) is 30.2 Å². The van der Waals surface area contributed by atoms with Crippen molar-refractivity contribution in [3.8, 4) is 0 Å². The molecule has 1 saturated heterocycles. The lowest BCUT2D eigenvalue weighted by molar-refractivity contribution is -0.130. The molecule has 4 nitrogen and oxygen atoms in total. The third kappa shape index (κ3) is 4.41. The van der Waals surface area contributed by atoms with Crippen LogP contribution in [0.1, 0.15) is 18.4 Å². The lowest BCUT2D eigenvalue weighted by Crippen LogP contribution is -2.44. The topological polar surface area (TPSA) is 43.8 Å². The van der Waals surface area contributed by atoms with E-state index in [0.29, 0.717) is 25.9 Å². The second kappa shape index (κ2) is 7.40. The van der Waals surface area contributed by atoms with Crippen LogP contribution in [0.25, 0.3) is 0 Å². The summed E-state index contributed by atoms with van der Waals surface area (Å²) >= 11 is 3.44. The molecule has 1 aromatic rings. The number of nitrogens with zero attached hydrogens (tertiary/aromatic N) is 2. The smallest absolute Gasteiger partial charge is 0.246 e. The summed E-state index contributed by atoms with van der Waals surface area (Å²) in [5.74, 6) is 0.0261. The fraction of sp³-hybridized carbons (Fsp3) is 0.471. The van der Waals surface area contributed by atoms with Crippen molar-refractivity contribution in [1.29, 1.82) is 0 Å². The van der Waals surface area contributed by atoms with Crippen LogP contribution < -0.4 is 0 Å². The van der Waals surface area contributed by atoms with Crippen molar-refractivity contribution in [1.82, 2.24) is 9.80 Å². The van der Waals surface area contributed by atoms with Crippen molar-refractivity contribution >= 4 is 21.8 Å². The minimum absolute atomic E-state index is 0.0261. The van der Waals surface area contributed by atoms with E-state index in [1.807, 2.05) is 49.3 Å². The molecule has 1 N–H and O–H groups in total. The SMILES string of the molecule is CN(C)C/C=C/C(=O)N1CCC(O)(c2cccc(Br)c2)CC1. The molecule has 0 spiro atoms. The van der Waals surface area contributed by atoms with Crippen LogP contribution in [0.5, 0.6) is 0 Å². The molecule has 0 saturated carbocycles. The number of amides is 1. The largest absolute Gasteiger partial charge is 0.385 e. The van der Waals surface area contributed by atoms with E-state index in [9.17, 15) is 9.90 Å². The second-order valence-corrected chi connectivity index (χ2v) is 6.95. The highest BCUT2D eigenvalue weighted by molar-refractivity contribution is 9.10. The number of carbonyl (C=O) groups is 1. The molecule has 5 heteroatoms. The number of rotatable bonds is 4. The van der Waals surface area contributed by atoms with E-state index in [-0.39, 0.29) is 5.91 Å². The van der Waals surface area contributed by atoms with Gasteiger partial charge in [-0.3, -0.25) is 4.79 Å². The van der Waals surface area contributed by atoms with E-state index < -0.39 is 5.60 Å². The highest BCUT2D eigenvalue weighted by atomic mass is 79.9. The van der Waals surface area contributed by atoms with Gasteiger partial charge in [-0.1, -0.05) is 34.1 Å². The second-order valence-electron chi connectivity index (χ2n) is 6.03. The van der Waals surface area contributed by atoms with Crippen LogP contribution in [-0.2, 0) is 10.4 Å². The molecule has 1 aliphatic heterocycles. The maximum atomic E-state index is 12.1. The molecule has 1 aromatic carbocycles. The van der Waals surface area contributed by atoms with Crippen molar-refractivity contribution < 1.29 is 9.90 Å². The Balaban J connectivity index is 1.95. The van der Waals surface area contributed by atoms with Gasteiger partial charge >= 0.3 is 0 Å².